The lowest BCUT2D eigenvalue weighted by Crippen LogP contribution is -2.46. The van der Waals surface area contributed by atoms with Crippen molar-refractivity contribution >= 4 is 0 Å². The molecule has 0 amide bonds. The van der Waals surface area contributed by atoms with Gasteiger partial charge < -0.3 is 10.8 Å². The van der Waals surface area contributed by atoms with Gasteiger partial charge in [-0.1, -0.05) is 12.1 Å². The number of hydrogen-bond donors (Lipinski definition) is 2. The SMILES string of the molecule is N[C@H](c1ccc(F)cc1)C1(O)CCC1. The summed E-state index contributed by atoms with van der Waals surface area (Å²) in [6, 6.07) is 5.62. The number of hydrogen-bond acceptors (Lipinski definition) is 2. The van der Waals surface area contributed by atoms with Crippen molar-refractivity contribution in [1.29, 1.82) is 0 Å². The molecule has 0 spiro atoms. The van der Waals surface area contributed by atoms with Crippen molar-refractivity contribution in [2.24, 2.45) is 5.73 Å². The van der Waals surface area contributed by atoms with E-state index in [4.69, 9.17) is 5.73 Å². The molecule has 3 heteroatoms. The van der Waals surface area contributed by atoms with E-state index >= 15 is 0 Å². The highest BCUT2D eigenvalue weighted by Gasteiger charge is 2.40. The van der Waals surface area contributed by atoms with Gasteiger partial charge in [-0.2, -0.15) is 0 Å². The predicted molar refractivity (Wildman–Crippen MR) is 52.1 cm³/mol. The second-order valence-corrected chi connectivity index (χ2v) is 3.99. The maximum atomic E-state index is 12.6. The second-order valence-electron chi connectivity index (χ2n) is 3.99. The summed E-state index contributed by atoms with van der Waals surface area (Å²) in [5.41, 5.74) is 5.95. The average molecular weight is 195 g/mol. The van der Waals surface area contributed by atoms with Crippen molar-refractivity contribution in [3.05, 3.63) is 35.6 Å². The zero-order valence-corrected chi connectivity index (χ0v) is 7.91. The third-order valence-corrected chi connectivity index (χ3v) is 3.03. The number of nitrogens with two attached hydrogens (primary N) is 1. The van der Waals surface area contributed by atoms with Gasteiger partial charge in [0.05, 0.1) is 11.6 Å². The zero-order valence-electron chi connectivity index (χ0n) is 7.91. The zero-order chi connectivity index (χ0) is 10.2. The van der Waals surface area contributed by atoms with Crippen LogP contribution in [0.5, 0.6) is 0 Å². The highest BCUT2D eigenvalue weighted by molar-refractivity contribution is 5.23. The van der Waals surface area contributed by atoms with Crippen LogP contribution in [-0.2, 0) is 0 Å². The Kier molecular flexibility index (Phi) is 2.29. The van der Waals surface area contributed by atoms with Gasteiger partial charge in [-0.3, -0.25) is 0 Å². The van der Waals surface area contributed by atoms with Crippen LogP contribution in [-0.4, -0.2) is 10.7 Å². The molecule has 0 bridgehead atoms. The van der Waals surface area contributed by atoms with E-state index < -0.39 is 11.6 Å². The molecule has 76 valence electrons. The Balaban J connectivity index is 2.18. The van der Waals surface area contributed by atoms with Crippen LogP contribution in [0.25, 0.3) is 0 Å². The van der Waals surface area contributed by atoms with Gasteiger partial charge in [-0.05, 0) is 37.0 Å². The van der Waals surface area contributed by atoms with Crippen molar-refractivity contribution in [3.8, 4) is 0 Å². The lowest BCUT2D eigenvalue weighted by Gasteiger charge is -2.41. The molecule has 1 aliphatic rings. The molecule has 0 heterocycles. The van der Waals surface area contributed by atoms with Gasteiger partial charge in [0, 0.05) is 0 Å². The molecular weight excluding hydrogens is 181 g/mol. The average Bonchev–Trinajstić information content (AvgIpc) is 2.14. The molecule has 1 atom stereocenters. The van der Waals surface area contributed by atoms with Gasteiger partial charge in [-0.15, -0.1) is 0 Å². The predicted octanol–water partition coefficient (Wildman–Crippen LogP) is 1.74. The fourth-order valence-electron chi connectivity index (χ4n) is 1.83. The van der Waals surface area contributed by atoms with Crippen LogP contribution in [0.2, 0.25) is 0 Å². The van der Waals surface area contributed by atoms with Crippen molar-refractivity contribution in [2.45, 2.75) is 30.9 Å². The monoisotopic (exact) mass is 195 g/mol. The third kappa shape index (κ3) is 1.53. The molecule has 3 N–H and O–H groups in total. The molecule has 1 aromatic carbocycles. The maximum Gasteiger partial charge on any atom is 0.123 e. The Bertz CT molecular complexity index is 319. The summed E-state index contributed by atoms with van der Waals surface area (Å²) in [6.45, 7) is 0. The molecule has 0 saturated heterocycles. The van der Waals surface area contributed by atoms with Crippen LogP contribution >= 0.6 is 0 Å². The summed E-state index contributed by atoms with van der Waals surface area (Å²) in [6.07, 6.45) is 2.50. The van der Waals surface area contributed by atoms with Crippen LogP contribution < -0.4 is 5.73 Å². The summed E-state index contributed by atoms with van der Waals surface area (Å²) in [4.78, 5) is 0. The van der Waals surface area contributed by atoms with E-state index in [1.807, 2.05) is 0 Å². The fourth-order valence-corrected chi connectivity index (χ4v) is 1.83. The van der Waals surface area contributed by atoms with Gasteiger partial charge in [0.2, 0.25) is 0 Å². The van der Waals surface area contributed by atoms with Crippen molar-refractivity contribution < 1.29 is 9.50 Å². The van der Waals surface area contributed by atoms with Gasteiger partial charge in [0.15, 0.2) is 0 Å². The standard InChI is InChI=1S/C11H14FNO/c12-9-4-2-8(3-5-9)10(13)11(14)6-1-7-11/h2-5,10,14H,1,6-7,13H2/t10-/m1/s1. The molecule has 2 rings (SSSR count). The lowest BCUT2D eigenvalue weighted by molar-refractivity contribution is -0.0559. The van der Waals surface area contributed by atoms with Gasteiger partial charge in [-0.25, -0.2) is 4.39 Å². The third-order valence-electron chi connectivity index (χ3n) is 3.03. The van der Waals surface area contributed by atoms with E-state index in [-0.39, 0.29) is 5.82 Å². The van der Waals surface area contributed by atoms with Gasteiger partial charge in [0.25, 0.3) is 0 Å². The highest BCUT2D eigenvalue weighted by atomic mass is 19.1. The first-order valence-electron chi connectivity index (χ1n) is 4.85. The lowest BCUT2D eigenvalue weighted by atomic mass is 9.73. The highest BCUT2D eigenvalue weighted by Crippen LogP contribution is 2.40. The fraction of sp³-hybridized carbons (Fsp3) is 0.455. The summed E-state index contributed by atoms with van der Waals surface area (Å²) in [5, 5.41) is 9.98. The van der Waals surface area contributed by atoms with Crippen LogP contribution in [0.4, 0.5) is 4.39 Å². The summed E-state index contributed by atoms with van der Waals surface area (Å²) in [7, 11) is 0. The Hall–Kier alpha value is -0.930. The first-order valence-corrected chi connectivity index (χ1v) is 4.85. The molecule has 1 aliphatic carbocycles. The number of halogens is 1. The quantitative estimate of drug-likeness (QED) is 0.755. The first-order chi connectivity index (χ1) is 6.62. The van der Waals surface area contributed by atoms with E-state index in [9.17, 15) is 9.50 Å². The van der Waals surface area contributed by atoms with E-state index in [0.717, 1.165) is 24.8 Å². The smallest absolute Gasteiger partial charge is 0.123 e. The number of benzene rings is 1. The molecule has 1 fully saturated rings. The van der Waals surface area contributed by atoms with E-state index in [0.29, 0.717) is 0 Å². The van der Waals surface area contributed by atoms with Crippen LogP contribution in [0, 0.1) is 5.82 Å². The minimum atomic E-state index is -0.766. The number of rotatable bonds is 2. The normalized spacial score (nSPS) is 21.4. The molecular formula is C11H14FNO. The second kappa shape index (κ2) is 3.33. The molecule has 0 unspecified atom stereocenters. The summed E-state index contributed by atoms with van der Waals surface area (Å²) in [5.74, 6) is -0.276. The Morgan fingerprint density at radius 2 is 1.86 bits per heavy atom. The van der Waals surface area contributed by atoms with E-state index in [2.05, 4.69) is 0 Å². The minimum Gasteiger partial charge on any atom is -0.388 e. The Morgan fingerprint density at radius 1 is 1.29 bits per heavy atom. The molecule has 14 heavy (non-hydrogen) atoms. The molecule has 0 aliphatic heterocycles. The minimum absolute atomic E-state index is 0.276. The Labute approximate surface area is 82.5 Å². The first kappa shape index (κ1) is 9.62. The van der Waals surface area contributed by atoms with Crippen LogP contribution in [0.1, 0.15) is 30.9 Å². The van der Waals surface area contributed by atoms with Gasteiger partial charge >= 0.3 is 0 Å². The summed E-state index contributed by atoms with van der Waals surface area (Å²) < 4.78 is 12.6. The molecule has 0 radical (unpaired) electrons. The largest absolute Gasteiger partial charge is 0.388 e. The van der Waals surface area contributed by atoms with Crippen LogP contribution in [0.3, 0.4) is 0 Å². The van der Waals surface area contributed by atoms with Gasteiger partial charge in [0.1, 0.15) is 5.82 Å². The summed E-state index contributed by atoms with van der Waals surface area (Å²) >= 11 is 0. The van der Waals surface area contributed by atoms with Crippen molar-refractivity contribution in [1.82, 2.24) is 0 Å². The maximum absolute atomic E-state index is 12.6. The van der Waals surface area contributed by atoms with Crippen LogP contribution in [0.15, 0.2) is 24.3 Å². The van der Waals surface area contributed by atoms with E-state index in [1.165, 1.54) is 12.1 Å². The molecule has 2 nitrogen and oxygen atoms in total. The molecule has 1 aromatic rings. The molecule has 1 saturated carbocycles. The van der Waals surface area contributed by atoms with E-state index in [1.54, 1.807) is 12.1 Å². The topological polar surface area (TPSA) is 46.2 Å². The van der Waals surface area contributed by atoms with Crippen molar-refractivity contribution in [3.63, 3.8) is 0 Å². The number of aliphatic hydroxyl groups is 1. The van der Waals surface area contributed by atoms with Crippen molar-refractivity contribution in [2.75, 3.05) is 0 Å². The molecule has 0 aromatic heterocycles. The Morgan fingerprint density at radius 3 is 2.29 bits per heavy atom.